The quantitative estimate of drug-likeness (QED) is 0.122. The van der Waals surface area contributed by atoms with Crippen LogP contribution in [0.25, 0.3) is 0 Å². The number of rotatable bonds is 13. The third-order valence-electron chi connectivity index (χ3n) is 6.38. The molecular formula is C25H49N3O13. The van der Waals surface area contributed by atoms with Crippen LogP contribution >= 0.6 is 0 Å². The number of ether oxygens (including phenoxy) is 4. The van der Waals surface area contributed by atoms with Crippen LogP contribution in [-0.4, -0.2) is 135 Å². The Balaban J connectivity index is 0.00000781. The number of aliphatic carboxylic acids is 1. The van der Waals surface area contributed by atoms with Crippen molar-refractivity contribution in [2.75, 3.05) is 34.0 Å². The first kappa shape index (κ1) is 38.7. The maximum Gasteiger partial charge on any atom is 0.426 e. The second kappa shape index (κ2) is 17.0. The normalized spacial score (nSPS) is 24.3. The van der Waals surface area contributed by atoms with E-state index in [4.69, 9.17) is 24.1 Å². The largest absolute Gasteiger partial charge is 0.477 e. The Labute approximate surface area is 240 Å². The van der Waals surface area contributed by atoms with Crippen molar-refractivity contribution >= 4 is 18.1 Å². The van der Waals surface area contributed by atoms with Crippen molar-refractivity contribution < 1.29 is 64.0 Å². The van der Waals surface area contributed by atoms with Crippen LogP contribution < -0.4 is 10.7 Å². The Hall–Kier alpha value is -2.31. The van der Waals surface area contributed by atoms with E-state index >= 15 is 0 Å². The minimum absolute atomic E-state index is 0.0434. The zero-order valence-corrected chi connectivity index (χ0v) is 25.1. The summed E-state index contributed by atoms with van der Waals surface area (Å²) in [4.78, 5) is 36.2. The third-order valence-corrected chi connectivity index (χ3v) is 6.38. The molecule has 41 heavy (non-hydrogen) atoms. The topological polar surface area (TPSA) is 237 Å². The molecule has 0 spiro atoms. The summed E-state index contributed by atoms with van der Waals surface area (Å²) in [6.45, 7) is 10.9. The molecule has 242 valence electrons. The van der Waals surface area contributed by atoms with Crippen LogP contribution in [0.3, 0.4) is 0 Å². The van der Waals surface area contributed by atoms with Gasteiger partial charge in [0.05, 0.1) is 43.2 Å². The molecule has 0 aromatic carbocycles. The fraction of sp³-hybridized carbons (Fsp3) is 0.880. The minimum atomic E-state index is -2.94. The lowest BCUT2D eigenvalue weighted by atomic mass is 9.89. The summed E-state index contributed by atoms with van der Waals surface area (Å²) in [7, 11) is 2.75. The number of amides is 3. The Kier molecular flexibility index (Phi) is 16.0. The molecule has 16 heteroatoms. The van der Waals surface area contributed by atoms with Crippen LogP contribution in [0.1, 0.15) is 60.8 Å². The molecule has 3 amide bonds. The van der Waals surface area contributed by atoms with Gasteiger partial charge in [0.1, 0.15) is 18.3 Å². The van der Waals surface area contributed by atoms with Crippen molar-refractivity contribution in [1.29, 1.82) is 0 Å². The molecule has 0 saturated carbocycles. The first-order valence-electron chi connectivity index (χ1n) is 13.3. The summed E-state index contributed by atoms with van der Waals surface area (Å²) >= 11 is 0. The maximum atomic E-state index is 12.6. The molecule has 1 aliphatic rings. The van der Waals surface area contributed by atoms with Crippen molar-refractivity contribution in [1.82, 2.24) is 15.8 Å². The SMILES string of the molecule is CC.COC(C)(C)CCOC(C)(C)CCOC(=O)NN(C)C(=O)NC1C(O)CC(O)(C(=O)O)OC1C(O)C(O)CO. The highest BCUT2D eigenvalue weighted by molar-refractivity contribution is 5.78. The highest BCUT2D eigenvalue weighted by Gasteiger charge is 2.54. The molecular weight excluding hydrogens is 550 g/mol. The zero-order chi connectivity index (χ0) is 32.2. The van der Waals surface area contributed by atoms with Crippen molar-refractivity contribution in [3.8, 4) is 0 Å². The number of methoxy groups -OCH3 is 1. The van der Waals surface area contributed by atoms with Gasteiger partial charge in [0.15, 0.2) is 0 Å². The summed E-state index contributed by atoms with van der Waals surface area (Å²) in [5, 5.41) is 61.9. The smallest absolute Gasteiger partial charge is 0.426 e. The second-order valence-corrected chi connectivity index (χ2v) is 10.5. The predicted molar refractivity (Wildman–Crippen MR) is 143 cm³/mol. The van der Waals surface area contributed by atoms with Gasteiger partial charge >= 0.3 is 18.1 Å². The number of carbonyl (C=O) groups is 3. The molecule has 1 rings (SSSR count). The number of carboxylic acids is 1. The number of hydrogen-bond donors (Lipinski definition) is 8. The fourth-order valence-corrected chi connectivity index (χ4v) is 3.50. The number of nitrogens with zero attached hydrogens (tertiary/aromatic N) is 1. The second-order valence-electron chi connectivity index (χ2n) is 10.5. The van der Waals surface area contributed by atoms with Crippen LogP contribution in [0.15, 0.2) is 0 Å². The molecule has 0 aromatic rings. The molecule has 1 aliphatic heterocycles. The fourth-order valence-electron chi connectivity index (χ4n) is 3.50. The van der Waals surface area contributed by atoms with Crippen LogP contribution in [0, 0.1) is 0 Å². The van der Waals surface area contributed by atoms with Crippen LogP contribution in [0.2, 0.25) is 0 Å². The summed E-state index contributed by atoms with van der Waals surface area (Å²) in [5.74, 6) is -4.82. The number of carboxylic acid groups (broad SMARTS) is 1. The Morgan fingerprint density at radius 3 is 2.17 bits per heavy atom. The first-order chi connectivity index (χ1) is 18.9. The summed E-state index contributed by atoms with van der Waals surface area (Å²) in [6.07, 6.45) is -8.40. The van der Waals surface area contributed by atoms with E-state index in [1.54, 1.807) is 7.11 Å². The van der Waals surface area contributed by atoms with Gasteiger partial charge in [0, 0.05) is 27.0 Å². The number of hydrazine groups is 1. The average molecular weight is 600 g/mol. The van der Waals surface area contributed by atoms with Crippen LogP contribution in [-0.2, 0) is 23.7 Å². The molecule has 6 atom stereocenters. The van der Waals surface area contributed by atoms with Gasteiger partial charge in [0.2, 0.25) is 0 Å². The highest BCUT2D eigenvalue weighted by Crippen LogP contribution is 2.30. The van der Waals surface area contributed by atoms with E-state index < -0.39 is 73.0 Å². The van der Waals surface area contributed by atoms with E-state index in [0.717, 1.165) is 7.05 Å². The summed E-state index contributed by atoms with van der Waals surface area (Å²) < 4.78 is 21.3. The Bertz CT molecular complexity index is 829. The number of nitrogens with one attached hydrogen (secondary N) is 2. The molecule has 0 bridgehead atoms. The van der Waals surface area contributed by atoms with E-state index in [-0.39, 0.29) is 12.2 Å². The molecule has 1 heterocycles. The lowest BCUT2D eigenvalue weighted by Crippen LogP contribution is -2.68. The number of carbonyl (C=O) groups excluding carboxylic acids is 2. The monoisotopic (exact) mass is 599 g/mol. The number of hydrogen-bond acceptors (Lipinski definition) is 12. The standard InChI is InChI=1S/C23H43N3O13.C2H6/c1-21(2,36-6)8-10-38-22(3,4)7-9-37-20(34)25-26(5)19(33)24-15-13(28)11-23(35,18(31)32)39-17(15)16(30)14(29)12-27;1-2/h13-17,27-30,35H,7-12H2,1-6H3,(H,24,33)(H,25,34)(H,31,32);1-2H3. The Morgan fingerprint density at radius 2 is 1.66 bits per heavy atom. The maximum absolute atomic E-state index is 12.6. The van der Waals surface area contributed by atoms with Crippen LogP contribution in [0.4, 0.5) is 9.59 Å². The van der Waals surface area contributed by atoms with E-state index in [0.29, 0.717) is 24.5 Å². The highest BCUT2D eigenvalue weighted by atomic mass is 16.7. The van der Waals surface area contributed by atoms with Gasteiger partial charge in [-0.25, -0.2) is 24.8 Å². The molecule has 1 saturated heterocycles. The van der Waals surface area contributed by atoms with Gasteiger partial charge in [-0.3, -0.25) is 0 Å². The van der Waals surface area contributed by atoms with Crippen molar-refractivity contribution in [3.05, 3.63) is 0 Å². The molecule has 0 aliphatic carbocycles. The summed E-state index contributed by atoms with van der Waals surface area (Å²) in [6, 6.07) is -2.60. The molecule has 0 radical (unpaired) electrons. The molecule has 0 aromatic heterocycles. The minimum Gasteiger partial charge on any atom is -0.477 e. The summed E-state index contributed by atoms with van der Waals surface area (Å²) in [5.41, 5.74) is 1.18. The van der Waals surface area contributed by atoms with Gasteiger partial charge < -0.3 is 54.9 Å². The van der Waals surface area contributed by atoms with E-state index in [9.17, 15) is 39.9 Å². The van der Waals surface area contributed by atoms with Crippen molar-refractivity contribution in [2.24, 2.45) is 0 Å². The molecule has 6 unspecified atom stereocenters. The van der Waals surface area contributed by atoms with Gasteiger partial charge in [-0.15, -0.1) is 0 Å². The van der Waals surface area contributed by atoms with Crippen molar-refractivity contribution in [3.63, 3.8) is 0 Å². The van der Waals surface area contributed by atoms with Crippen LogP contribution in [0.5, 0.6) is 0 Å². The van der Waals surface area contributed by atoms with E-state index in [1.165, 1.54) is 0 Å². The van der Waals surface area contributed by atoms with Crippen molar-refractivity contribution in [2.45, 2.75) is 108 Å². The van der Waals surface area contributed by atoms with Gasteiger partial charge in [-0.2, -0.15) is 0 Å². The number of urea groups is 1. The predicted octanol–water partition coefficient (Wildman–Crippen LogP) is -0.699. The van der Waals surface area contributed by atoms with Gasteiger partial charge in [0.25, 0.3) is 5.79 Å². The Morgan fingerprint density at radius 1 is 1.10 bits per heavy atom. The number of aliphatic hydroxyl groups is 5. The van der Waals surface area contributed by atoms with Gasteiger partial charge in [-0.1, -0.05) is 13.8 Å². The molecule has 8 N–H and O–H groups in total. The van der Waals surface area contributed by atoms with Gasteiger partial charge in [-0.05, 0) is 34.1 Å². The van der Waals surface area contributed by atoms with E-state index in [2.05, 4.69) is 10.7 Å². The molecule has 1 fully saturated rings. The first-order valence-corrected chi connectivity index (χ1v) is 13.3. The molecule has 16 nitrogen and oxygen atoms in total. The third kappa shape index (κ3) is 12.6. The lowest BCUT2D eigenvalue weighted by molar-refractivity contribution is -0.294. The average Bonchev–Trinajstić information content (AvgIpc) is 2.89. The lowest BCUT2D eigenvalue weighted by Gasteiger charge is -2.44. The zero-order valence-electron chi connectivity index (χ0n) is 25.1. The van der Waals surface area contributed by atoms with E-state index in [1.807, 2.05) is 41.5 Å². The number of aliphatic hydroxyl groups excluding tert-OH is 4.